The molecule has 5 nitrogen and oxygen atoms in total. The first-order valence-electron chi connectivity index (χ1n) is 9.57. The van der Waals surface area contributed by atoms with Crippen molar-refractivity contribution in [3.63, 3.8) is 0 Å². The van der Waals surface area contributed by atoms with Gasteiger partial charge in [-0.3, -0.25) is 4.79 Å². The van der Waals surface area contributed by atoms with Gasteiger partial charge in [0.25, 0.3) is 0 Å². The van der Waals surface area contributed by atoms with E-state index in [-0.39, 0.29) is 11.9 Å². The number of amides is 1. The molecule has 6 heteroatoms. The van der Waals surface area contributed by atoms with Crippen LogP contribution in [0.15, 0.2) is 29.4 Å². The monoisotopic (exact) mass is 370 g/mol. The maximum absolute atomic E-state index is 12.9. The molecule has 0 saturated heterocycles. The van der Waals surface area contributed by atoms with Crippen molar-refractivity contribution in [1.82, 2.24) is 14.8 Å². The highest BCUT2D eigenvalue weighted by molar-refractivity contribution is 7.99. The first kappa shape index (κ1) is 17.6. The molecule has 1 atom stereocenters. The summed E-state index contributed by atoms with van der Waals surface area (Å²) in [6, 6.07) is 8.43. The highest BCUT2D eigenvalue weighted by atomic mass is 32.2. The van der Waals surface area contributed by atoms with Crippen LogP contribution in [0.25, 0.3) is 0 Å². The average Bonchev–Trinajstić information content (AvgIpc) is 3.19. The summed E-state index contributed by atoms with van der Waals surface area (Å²) in [6.07, 6.45) is 7.24. The molecule has 0 radical (unpaired) electrons. The van der Waals surface area contributed by atoms with Crippen LogP contribution in [0, 0.1) is 0 Å². The largest absolute Gasteiger partial charge is 0.309 e. The molecule has 1 aromatic carbocycles. The van der Waals surface area contributed by atoms with Gasteiger partial charge in [-0.1, -0.05) is 49.2 Å². The fraction of sp³-hybridized carbons (Fsp3) is 0.550. The molecule has 1 aliphatic carbocycles. The van der Waals surface area contributed by atoms with Crippen molar-refractivity contribution >= 4 is 23.4 Å². The molecular weight excluding hydrogens is 344 g/mol. The van der Waals surface area contributed by atoms with Crippen molar-refractivity contribution in [2.24, 2.45) is 7.05 Å². The van der Waals surface area contributed by atoms with Gasteiger partial charge in [-0.15, -0.1) is 10.2 Å². The van der Waals surface area contributed by atoms with E-state index in [0.717, 1.165) is 23.1 Å². The number of hydrogen-bond acceptors (Lipinski definition) is 4. The average molecular weight is 371 g/mol. The predicted molar refractivity (Wildman–Crippen MR) is 105 cm³/mol. The Labute approximate surface area is 159 Å². The van der Waals surface area contributed by atoms with Crippen LogP contribution in [0.1, 0.15) is 56.3 Å². The molecule has 1 aliphatic heterocycles. The van der Waals surface area contributed by atoms with E-state index in [4.69, 9.17) is 0 Å². The highest BCUT2D eigenvalue weighted by Gasteiger charge is 2.30. The maximum Gasteiger partial charge on any atom is 0.237 e. The fourth-order valence-electron chi connectivity index (χ4n) is 4.31. The summed E-state index contributed by atoms with van der Waals surface area (Å²) in [5.41, 5.74) is 2.32. The lowest BCUT2D eigenvalue weighted by Crippen LogP contribution is -2.37. The van der Waals surface area contributed by atoms with E-state index >= 15 is 0 Å². The number of para-hydroxylation sites is 1. The first-order valence-corrected chi connectivity index (χ1v) is 10.6. The number of carbonyl (C=O) groups is 1. The third kappa shape index (κ3) is 3.27. The topological polar surface area (TPSA) is 51.0 Å². The maximum atomic E-state index is 12.9. The summed E-state index contributed by atoms with van der Waals surface area (Å²) in [7, 11) is 2.03. The zero-order valence-electron chi connectivity index (χ0n) is 15.5. The lowest BCUT2D eigenvalue weighted by Gasteiger charge is -2.22. The Kier molecular flexibility index (Phi) is 5.02. The van der Waals surface area contributed by atoms with Crippen LogP contribution in [0.5, 0.6) is 0 Å². The van der Waals surface area contributed by atoms with Crippen molar-refractivity contribution in [1.29, 1.82) is 0 Å². The number of nitrogens with zero attached hydrogens (tertiary/aromatic N) is 4. The Balaban J connectivity index is 1.43. The summed E-state index contributed by atoms with van der Waals surface area (Å²) in [5.74, 6) is 2.15. The van der Waals surface area contributed by atoms with Gasteiger partial charge in [-0.2, -0.15) is 0 Å². The number of fused-ring (bicyclic) bond motifs is 1. The highest BCUT2D eigenvalue weighted by Crippen LogP contribution is 2.34. The fourth-order valence-corrected chi connectivity index (χ4v) is 5.09. The number of carbonyl (C=O) groups excluding carboxylic acids is 1. The summed E-state index contributed by atoms with van der Waals surface area (Å²) in [4.78, 5) is 14.8. The molecule has 2 aromatic rings. The third-order valence-electron chi connectivity index (χ3n) is 5.64. The van der Waals surface area contributed by atoms with Gasteiger partial charge in [-0.25, -0.2) is 0 Å². The van der Waals surface area contributed by atoms with Gasteiger partial charge >= 0.3 is 0 Å². The molecule has 26 heavy (non-hydrogen) atoms. The normalized spacial score (nSPS) is 20.4. The molecular formula is C20H26N4OS. The number of anilines is 1. The first-order chi connectivity index (χ1) is 12.6. The minimum absolute atomic E-state index is 0.148. The smallest absolute Gasteiger partial charge is 0.237 e. The minimum atomic E-state index is 0.148. The Bertz CT molecular complexity index is 797. The molecule has 4 rings (SSSR count). The van der Waals surface area contributed by atoms with E-state index in [1.165, 1.54) is 49.4 Å². The van der Waals surface area contributed by atoms with Crippen molar-refractivity contribution < 1.29 is 4.79 Å². The van der Waals surface area contributed by atoms with E-state index < -0.39 is 0 Å². The summed E-state index contributed by atoms with van der Waals surface area (Å²) in [6.45, 7) is 2.12. The summed E-state index contributed by atoms with van der Waals surface area (Å²) >= 11 is 1.50. The number of aromatic nitrogens is 3. The van der Waals surface area contributed by atoms with Crippen molar-refractivity contribution in [3.05, 3.63) is 35.7 Å². The van der Waals surface area contributed by atoms with Crippen LogP contribution in [0.4, 0.5) is 5.69 Å². The predicted octanol–water partition coefficient (Wildman–Crippen LogP) is 3.93. The minimum Gasteiger partial charge on any atom is -0.309 e. The van der Waals surface area contributed by atoms with Crippen LogP contribution in [0.2, 0.25) is 0 Å². The molecule has 0 unspecified atom stereocenters. The zero-order chi connectivity index (χ0) is 18.1. The van der Waals surface area contributed by atoms with Gasteiger partial charge in [0.1, 0.15) is 5.82 Å². The number of hydrogen-bond donors (Lipinski definition) is 0. The van der Waals surface area contributed by atoms with Crippen LogP contribution in [-0.4, -0.2) is 32.5 Å². The van der Waals surface area contributed by atoms with Gasteiger partial charge in [0.15, 0.2) is 5.16 Å². The standard InChI is InChI=1S/C20H26N4OS/c1-14-12-16-10-6-7-11-17(16)24(14)18(25)13-26-20-22-21-19(23(20)2)15-8-4-3-5-9-15/h6-7,10-11,14-15H,3-5,8-9,12-13H2,1-2H3/t14-/m1/s1. The Morgan fingerprint density at radius 2 is 1.96 bits per heavy atom. The number of thioether (sulfide) groups is 1. The van der Waals surface area contributed by atoms with Gasteiger partial charge < -0.3 is 9.47 Å². The van der Waals surface area contributed by atoms with Crippen LogP contribution >= 0.6 is 11.8 Å². The van der Waals surface area contributed by atoms with Crippen molar-refractivity contribution in [3.8, 4) is 0 Å². The van der Waals surface area contributed by atoms with Gasteiger partial charge in [-0.05, 0) is 37.8 Å². The molecule has 2 heterocycles. The second kappa shape index (κ2) is 7.43. The molecule has 1 fully saturated rings. The molecule has 0 spiro atoms. The van der Waals surface area contributed by atoms with E-state index in [2.05, 4.69) is 27.8 Å². The molecule has 2 aliphatic rings. The van der Waals surface area contributed by atoms with Crippen molar-refractivity contribution in [2.75, 3.05) is 10.7 Å². The summed E-state index contributed by atoms with van der Waals surface area (Å²) < 4.78 is 2.09. The van der Waals surface area contributed by atoms with Crippen LogP contribution in [0.3, 0.4) is 0 Å². The number of benzene rings is 1. The third-order valence-corrected chi connectivity index (χ3v) is 6.64. The van der Waals surface area contributed by atoms with E-state index in [1.54, 1.807) is 0 Å². The Morgan fingerprint density at radius 3 is 2.77 bits per heavy atom. The van der Waals surface area contributed by atoms with Gasteiger partial charge in [0.2, 0.25) is 5.91 Å². The lowest BCUT2D eigenvalue weighted by molar-refractivity contribution is -0.116. The zero-order valence-corrected chi connectivity index (χ0v) is 16.3. The molecule has 138 valence electrons. The van der Waals surface area contributed by atoms with E-state index in [9.17, 15) is 4.79 Å². The van der Waals surface area contributed by atoms with E-state index in [0.29, 0.717) is 11.7 Å². The Morgan fingerprint density at radius 1 is 1.19 bits per heavy atom. The van der Waals surface area contributed by atoms with Crippen molar-refractivity contribution in [2.45, 2.75) is 62.6 Å². The van der Waals surface area contributed by atoms with Gasteiger partial charge in [0.05, 0.1) is 5.75 Å². The van der Waals surface area contributed by atoms with Crippen LogP contribution in [-0.2, 0) is 18.3 Å². The number of rotatable bonds is 4. The quantitative estimate of drug-likeness (QED) is 0.765. The summed E-state index contributed by atoms with van der Waals surface area (Å²) in [5, 5.41) is 9.64. The molecule has 1 aromatic heterocycles. The molecule has 1 saturated carbocycles. The van der Waals surface area contributed by atoms with Gasteiger partial charge in [0, 0.05) is 24.7 Å². The molecule has 1 amide bonds. The molecule has 0 bridgehead atoms. The van der Waals surface area contributed by atoms with Crippen LogP contribution < -0.4 is 4.90 Å². The van der Waals surface area contributed by atoms with E-state index in [1.807, 2.05) is 30.1 Å². The SMILES string of the molecule is C[C@@H]1Cc2ccccc2N1C(=O)CSc1nnc(C2CCCCC2)n1C. The molecule has 0 N–H and O–H groups in total. The Hall–Kier alpha value is -1.82. The second-order valence-electron chi connectivity index (χ2n) is 7.47. The second-order valence-corrected chi connectivity index (χ2v) is 8.41. The lowest BCUT2D eigenvalue weighted by atomic mass is 9.89.